The minimum absolute atomic E-state index is 0.155. The fraction of sp³-hybridized carbons (Fsp3) is 0. The molecular formula is C15H12FN3O2S. The summed E-state index contributed by atoms with van der Waals surface area (Å²) >= 11 is 5.04. The smallest absolute Gasteiger partial charge is 0.335 e. The molecule has 0 amide bonds. The number of nitrogens with zero attached hydrogens (tertiary/aromatic N) is 1. The molecule has 0 bridgehead atoms. The molecular weight excluding hydrogens is 305 g/mol. The molecule has 0 saturated heterocycles. The van der Waals surface area contributed by atoms with Gasteiger partial charge in [0.15, 0.2) is 5.11 Å². The third-order valence-electron chi connectivity index (χ3n) is 2.62. The maximum atomic E-state index is 12.7. The van der Waals surface area contributed by atoms with Crippen LogP contribution in [0.2, 0.25) is 0 Å². The van der Waals surface area contributed by atoms with Gasteiger partial charge in [-0.25, -0.2) is 9.18 Å². The van der Waals surface area contributed by atoms with Gasteiger partial charge < -0.3 is 10.4 Å². The summed E-state index contributed by atoms with van der Waals surface area (Å²) in [4.78, 5) is 10.9. The number of rotatable bonds is 4. The molecule has 5 nitrogen and oxygen atoms in total. The van der Waals surface area contributed by atoms with E-state index in [0.717, 1.165) is 0 Å². The maximum Gasteiger partial charge on any atom is 0.335 e. The number of halogens is 1. The van der Waals surface area contributed by atoms with Gasteiger partial charge in [0.1, 0.15) is 5.82 Å². The molecule has 0 spiro atoms. The first-order valence-corrected chi connectivity index (χ1v) is 6.64. The molecule has 0 aliphatic heterocycles. The lowest BCUT2D eigenvalue weighted by atomic mass is 10.2. The third kappa shape index (κ3) is 4.64. The van der Waals surface area contributed by atoms with Gasteiger partial charge in [-0.3, -0.25) is 5.43 Å². The van der Waals surface area contributed by atoms with Crippen LogP contribution in [0.4, 0.5) is 10.1 Å². The number of anilines is 1. The molecule has 0 aliphatic rings. The summed E-state index contributed by atoms with van der Waals surface area (Å²) in [5.74, 6) is -1.34. The summed E-state index contributed by atoms with van der Waals surface area (Å²) in [5.41, 5.74) is 4.00. The van der Waals surface area contributed by atoms with Crippen molar-refractivity contribution in [1.29, 1.82) is 0 Å². The molecule has 7 heteroatoms. The highest BCUT2D eigenvalue weighted by Gasteiger charge is 2.03. The summed E-state index contributed by atoms with van der Waals surface area (Å²) < 4.78 is 12.7. The van der Waals surface area contributed by atoms with E-state index in [0.29, 0.717) is 11.3 Å². The van der Waals surface area contributed by atoms with E-state index in [1.807, 2.05) is 0 Å². The standard InChI is InChI=1S/C15H12FN3O2S/c16-12-6-4-10(5-7-12)9-17-19-15(22)18-13-3-1-2-11(8-13)14(20)21/h1-9H,(H,20,21)(H2,18,19,22)/b17-9-. The van der Waals surface area contributed by atoms with Gasteiger partial charge in [-0.1, -0.05) is 18.2 Å². The fourth-order valence-corrected chi connectivity index (χ4v) is 1.77. The van der Waals surface area contributed by atoms with E-state index in [1.54, 1.807) is 24.3 Å². The van der Waals surface area contributed by atoms with Crippen molar-refractivity contribution in [2.75, 3.05) is 5.32 Å². The molecule has 112 valence electrons. The molecule has 0 radical (unpaired) electrons. The second-order valence-electron chi connectivity index (χ2n) is 4.26. The van der Waals surface area contributed by atoms with Crippen LogP contribution in [0.1, 0.15) is 15.9 Å². The first-order chi connectivity index (χ1) is 10.5. The van der Waals surface area contributed by atoms with E-state index in [9.17, 15) is 9.18 Å². The molecule has 2 aromatic carbocycles. The monoisotopic (exact) mass is 317 g/mol. The van der Waals surface area contributed by atoms with Crippen molar-refractivity contribution >= 4 is 35.2 Å². The highest BCUT2D eigenvalue weighted by molar-refractivity contribution is 7.80. The SMILES string of the molecule is O=C(O)c1cccc(NC(=S)N/N=C\c2ccc(F)cc2)c1. The second kappa shape index (κ2) is 7.28. The van der Waals surface area contributed by atoms with Gasteiger partial charge >= 0.3 is 5.97 Å². The highest BCUT2D eigenvalue weighted by Crippen LogP contribution is 2.10. The Balaban J connectivity index is 1.91. The van der Waals surface area contributed by atoms with Gasteiger partial charge in [-0.05, 0) is 48.1 Å². The summed E-state index contributed by atoms with van der Waals surface area (Å²) in [6.07, 6.45) is 1.49. The Kier molecular flexibility index (Phi) is 5.16. The molecule has 22 heavy (non-hydrogen) atoms. The first-order valence-electron chi connectivity index (χ1n) is 6.23. The number of carboxylic acid groups (broad SMARTS) is 1. The lowest BCUT2D eigenvalue weighted by Gasteiger charge is -2.07. The maximum absolute atomic E-state index is 12.7. The molecule has 0 atom stereocenters. The number of hydrogen-bond acceptors (Lipinski definition) is 3. The second-order valence-corrected chi connectivity index (χ2v) is 4.67. The van der Waals surface area contributed by atoms with Gasteiger partial charge in [0.05, 0.1) is 11.8 Å². The minimum Gasteiger partial charge on any atom is -0.478 e. The lowest BCUT2D eigenvalue weighted by molar-refractivity contribution is 0.0697. The Morgan fingerprint density at radius 2 is 1.95 bits per heavy atom. The van der Waals surface area contributed by atoms with Gasteiger partial charge in [-0.2, -0.15) is 5.10 Å². The van der Waals surface area contributed by atoms with Crippen LogP contribution in [-0.2, 0) is 0 Å². The predicted octanol–water partition coefficient (Wildman–Crippen LogP) is 2.84. The van der Waals surface area contributed by atoms with Crippen molar-refractivity contribution < 1.29 is 14.3 Å². The number of hydrazone groups is 1. The number of benzene rings is 2. The lowest BCUT2D eigenvalue weighted by Crippen LogP contribution is -2.24. The fourth-order valence-electron chi connectivity index (χ4n) is 1.60. The summed E-state index contributed by atoms with van der Waals surface area (Å²) in [7, 11) is 0. The Morgan fingerprint density at radius 3 is 2.64 bits per heavy atom. The van der Waals surface area contributed by atoms with E-state index in [-0.39, 0.29) is 16.5 Å². The number of thiocarbonyl (C=S) groups is 1. The minimum atomic E-state index is -1.02. The summed E-state index contributed by atoms with van der Waals surface area (Å²) in [5, 5.41) is 15.8. The summed E-state index contributed by atoms with van der Waals surface area (Å²) in [6.45, 7) is 0. The normalized spacial score (nSPS) is 10.4. The molecule has 0 aromatic heterocycles. The molecule has 0 saturated carbocycles. The third-order valence-corrected chi connectivity index (χ3v) is 2.81. The first kappa shape index (κ1) is 15.6. The molecule has 0 fully saturated rings. The average molecular weight is 317 g/mol. The van der Waals surface area contributed by atoms with Gasteiger partial charge in [0.25, 0.3) is 0 Å². The number of carbonyl (C=O) groups is 1. The van der Waals surface area contributed by atoms with Crippen LogP contribution in [0, 0.1) is 5.82 Å². The average Bonchev–Trinajstić information content (AvgIpc) is 2.49. The number of aromatic carboxylic acids is 1. The van der Waals surface area contributed by atoms with Crippen LogP contribution in [0.5, 0.6) is 0 Å². The zero-order chi connectivity index (χ0) is 15.9. The summed E-state index contributed by atoms with van der Waals surface area (Å²) in [6, 6.07) is 12.0. The van der Waals surface area contributed by atoms with Crippen LogP contribution in [-0.4, -0.2) is 22.4 Å². The van der Waals surface area contributed by atoms with Crippen molar-refractivity contribution in [2.24, 2.45) is 5.10 Å². The molecule has 0 heterocycles. The number of carboxylic acids is 1. The predicted molar refractivity (Wildman–Crippen MR) is 86.8 cm³/mol. The quantitative estimate of drug-likeness (QED) is 0.459. The Hall–Kier alpha value is -2.80. The Morgan fingerprint density at radius 1 is 1.23 bits per heavy atom. The highest BCUT2D eigenvalue weighted by atomic mass is 32.1. The number of nitrogens with one attached hydrogen (secondary N) is 2. The van der Waals surface area contributed by atoms with Crippen LogP contribution >= 0.6 is 12.2 Å². The Labute approximate surface area is 131 Å². The largest absolute Gasteiger partial charge is 0.478 e. The van der Waals surface area contributed by atoms with E-state index in [2.05, 4.69) is 15.8 Å². The zero-order valence-corrected chi connectivity index (χ0v) is 12.1. The molecule has 0 unspecified atom stereocenters. The van der Waals surface area contributed by atoms with Crippen LogP contribution in [0.15, 0.2) is 53.6 Å². The number of hydrogen-bond donors (Lipinski definition) is 3. The van der Waals surface area contributed by atoms with E-state index < -0.39 is 5.97 Å². The van der Waals surface area contributed by atoms with E-state index in [1.165, 1.54) is 30.5 Å². The van der Waals surface area contributed by atoms with E-state index in [4.69, 9.17) is 17.3 Å². The van der Waals surface area contributed by atoms with Crippen LogP contribution < -0.4 is 10.7 Å². The van der Waals surface area contributed by atoms with Crippen LogP contribution in [0.3, 0.4) is 0 Å². The molecule has 2 aromatic rings. The topological polar surface area (TPSA) is 73.7 Å². The van der Waals surface area contributed by atoms with Crippen molar-refractivity contribution in [3.05, 3.63) is 65.5 Å². The van der Waals surface area contributed by atoms with E-state index >= 15 is 0 Å². The van der Waals surface area contributed by atoms with Crippen molar-refractivity contribution in [1.82, 2.24) is 5.43 Å². The zero-order valence-electron chi connectivity index (χ0n) is 11.3. The Bertz CT molecular complexity index is 717. The molecule has 2 rings (SSSR count). The van der Waals surface area contributed by atoms with Crippen molar-refractivity contribution in [3.8, 4) is 0 Å². The molecule has 0 aliphatic carbocycles. The van der Waals surface area contributed by atoms with Crippen molar-refractivity contribution in [2.45, 2.75) is 0 Å². The van der Waals surface area contributed by atoms with Crippen LogP contribution in [0.25, 0.3) is 0 Å². The van der Waals surface area contributed by atoms with Gasteiger partial charge in [-0.15, -0.1) is 0 Å². The van der Waals surface area contributed by atoms with Crippen molar-refractivity contribution in [3.63, 3.8) is 0 Å². The van der Waals surface area contributed by atoms with Gasteiger partial charge in [0, 0.05) is 5.69 Å². The van der Waals surface area contributed by atoms with Gasteiger partial charge in [0.2, 0.25) is 0 Å². The molecule has 3 N–H and O–H groups in total.